The van der Waals surface area contributed by atoms with E-state index in [0.29, 0.717) is 0 Å². The molecule has 2 saturated carbocycles. The first kappa shape index (κ1) is 14.4. The molecule has 0 bridgehead atoms. The molecule has 2 rings (SSSR count). The van der Waals surface area contributed by atoms with Crippen LogP contribution in [-0.4, -0.2) is 0 Å². The van der Waals surface area contributed by atoms with Gasteiger partial charge in [0, 0.05) is 0 Å². The van der Waals surface area contributed by atoms with E-state index >= 15 is 0 Å². The summed E-state index contributed by atoms with van der Waals surface area (Å²) in [5.74, 6) is 6.17. The molecule has 0 radical (unpaired) electrons. The average Bonchev–Trinajstić information content (AvgIpc) is 2.36. The highest BCUT2D eigenvalue weighted by molar-refractivity contribution is 4.93. The van der Waals surface area contributed by atoms with Gasteiger partial charge in [0.15, 0.2) is 0 Å². The zero-order valence-corrected chi connectivity index (χ0v) is 13.1. The number of fused-ring (bicyclic) bond motifs is 1. The van der Waals surface area contributed by atoms with Crippen LogP contribution < -0.4 is 0 Å². The highest BCUT2D eigenvalue weighted by atomic mass is 14.5. The Balaban J connectivity index is 2.02. The Morgan fingerprint density at radius 3 is 1.89 bits per heavy atom. The van der Waals surface area contributed by atoms with Crippen LogP contribution in [-0.2, 0) is 0 Å². The van der Waals surface area contributed by atoms with E-state index in [1.807, 2.05) is 0 Å². The fourth-order valence-electron chi connectivity index (χ4n) is 5.24. The second kappa shape index (κ2) is 6.44. The molecule has 0 spiro atoms. The van der Waals surface area contributed by atoms with E-state index in [4.69, 9.17) is 0 Å². The predicted octanol–water partition coefficient (Wildman–Crippen LogP) is 5.91. The molecule has 2 fully saturated rings. The van der Waals surface area contributed by atoms with E-state index in [0.717, 1.165) is 35.5 Å². The Kier molecular flexibility index (Phi) is 5.15. The van der Waals surface area contributed by atoms with Crippen molar-refractivity contribution in [1.82, 2.24) is 0 Å². The Morgan fingerprint density at radius 1 is 0.722 bits per heavy atom. The molecule has 0 aromatic heterocycles. The maximum atomic E-state index is 2.55. The zero-order valence-electron chi connectivity index (χ0n) is 13.1. The lowest BCUT2D eigenvalue weighted by molar-refractivity contribution is -0.0192. The first-order chi connectivity index (χ1) is 8.65. The van der Waals surface area contributed by atoms with Crippen molar-refractivity contribution < 1.29 is 0 Å². The van der Waals surface area contributed by atoms with Crippen LogP contribution in [0.3, 0.4) is 0 Å². The Morgan fingerprint density at radius 2 is 1.28 bits per heavy atom. The van der Waals surface area contributed by atoms with Crippen LogP contribution in [0.5, 0.6) is 0 Å². The third-order valence-corrected chi connectivity index (χ3v) is 6.21. The topological polar surface area (TPSA) is 0 Å². The standard InChI is InChI=1S/C18H34/c1-5-6-7-8-16-12-11-14(3)17-13(2)9-10-15(4)18(16)17/h13-18H,5-12H2,1-4H3. The molecule has 2 aliphatic carbocycles. The van der Waals surface area contributed by atoms with Gasteiger partial charge >= 0.3 is 0 Å². The van der Waals surface area contributed by atoms with Crippen LogP contribution in [0.4, 0.5) is 0 Å². The summed E-state index contributed by atoms with van der Waals surface area (Å²) < 4.78 is 0. The summed E-state index contributed by atoms with van der Waals surface area (Å²) in [4.78, 5) is 0. The van der Waals surface area contributed by atoms with Crippen LogP contribution in [0.15, 0.2) is 0 Å². The summed E-state index contributed by atoms with van der Waals surface area (Å²) in [5.41, 5.74) is 0. The van der Waals surface area contributed by atoms with Gasteiger partial charge in [-0.05, 0) is 41.9 Å². The van der Waals surface area contributed by atoms with Crippen molar-refractivity contribution >= 4 is 0 Å². The molecule has 0 N–H and O–H groups in total. The first-order valence-electron chi connectivity index (χ1n) is 8.65. The minimum atomic E-state index is 0.996. The van der Waals surface area contributed by atoms with E-state index in [9.17, 15) is 0 Å². The summed E-state index contributed by atoms with van der Waals surface area (Å²) in [7, 11) is 0. The normalized spacial score (nSPS) is 44.7. The molecule has 0 saturated heterocycles. The quantitative estimate of drug-likeness (QED) is 0.544. The van der Waals surface area contributed by atoms with Gasteiger partial charge in [-0.25, -0.2) is 0 Å². The predicted molar refractivity (Wildman–Crippen MR) is 80.6 cm³/mol. The van der Waals surface area contributed by atoms with Gasteiger partial charge in [0.2, 0.25) is 0 Å². The van der Waals surface area contributed by atoms with E-state index in [1.165, 1.54) is 51.4 Å². The molecule has 0 amide bonds. The van der Waals surface area contributed by atoms with Gasteiger partial charge in [-0.15, -0.1) is 0 Å². The lowest BCUT2D eigenvalue weighted by Crippen LogP contribution is -2.43. The third kappa shape index (κ3) is 2.94. The van der Waals surface area contributed by atoms with Crippen LogP contribution in [0, 0.1) is 35.5 Å². The molecule has 6 atom stereocenters. The minimum absolute atomic E-state index is 0.996. The fourth-order valence-corrected chi connectivity index (χ4v) is 5.24. The lowest BCUT2D eigenvalue weighted by Gasteiger charge is -2.51. The molecule has 0 heterocycles. The van der Waals surface area contributed by atoms with Crippen molar-refractivity contribution in [2.24, 2.45) is 35.5 Å². The fraction of sp³-hybridized carbons (Fsp3) is 1.00. The van der Waals surface area contributed by atoms with Gasteiger partial charge in [-0.2, -0.15) is 0 Å². The van der Waals surface area contributed by atoms with E-state index in [2.05, 4.69) is 27.7 Å². The molecule has 0 aromatic rings. The molecule has 106 valence electrons. The number of hydrogen-bond acceptors (Lipinski definition) is 0. The van der Waals surface area contributed by atoms with Crippen molar-refractivity contribution in [1.29, 1.82) is 0 Å². The van der Waals surface area contributed by atoms with Gasteiger partial charge in [0.1, 0.15) is 0 Å². The molecule has 18 heavy (non-hydrogen) atoms. The highest BCUT2D eigenvalue weighted by Crippen LogP contribution is 2.52. The molecular formula is C18H34. The van der Waals surface area contributed by atoms with Gasteiger partial charge in [-0.3, -0.25) is 0 Å². The van der Waals surface area contributed by atoms with Crippen LogP contribution in [0.2, 0.25) is 0 Å². The Labute approximate surface area is 115 Å². The van der Waals surface area contributed by atoms with Gasteiger partial charge in [0.05, 0.1) is 0 Å². The molecule has 6 unspecified atom stereocenters. The zero-order chi connectivity index (χ0) is 13.1. The highest BCUT2D eigenvalue weighted by Gasteiger charge is 2.44. The largest absolute Gasteiger partial charge is 0.0654 e. The SMILES string of the molecule is CCCCCC1CCC(C)C2C(C)CCC(C)C12. The second-order valence-electron chi connectivity index (χ2n) is 7.50. The van der Waals surface area contributed by atoms with Crippen molar-refractivity contribution in [3.63, 3.8) is 0 Å². The lowest BCUT2D eigenvalue weighted by atomic mass is 9.54. The summed E-state index contributed by atoms with van der Waals surface area (Å²) in [6.45, 7) is 9.95. The molecule has 2 aliphatic rings. The Bertz CT molecular complexity index is 240. The van der Waals surface area contributed by atoms with Crippen molar-refractivity contribution in [2.75, 3.05) is 0 Å². The van der Waals surface area contributed by atoms with Crippen molar-refractivity contribution in [3.8, 4) is 0 Å². The smallest absolute Gasteiger partial charge is 0.0327 e. The minimum Gasteiger partial charge on any atom is -0.0654 e. The second-order valence-corrected chi connectivity index (χ2v) is 7.50. The summed E-state index contributed by atoms with van der Waals surface area (Å²) in [6.07, 6.45) is 11.9. The number of hydrogen-bond donors (Lipinski definition) is 0. The number of rotatable bonds is 4. The van der Waals surface area contributed by atoms with Crippen LogP contribution >= 0.6 is 0 Å². The number of unbranched alkanes of at least 4 members (excludes halogenated alkanes) is 2. The van der Waals surface area contributed by atoms with Gasteiger partial charge in [-0.1, -0.05) is 72.6 Å². The third-order valence-electron chi connectivity index (χ3n) is 6.21. The molecule has 0 aromatic carbocycles. The average molecular weight is 250 g/mol. The van der Waals surface area contributed by atoms with E-state index in [1.54, 1.807) is 0 Å². The maximum absolute atomic E-state index is 2.55. The molecule has 0 nitrogen and oxygen atoms in total. The molecular weight excluding hydrogens is 216 g/mol. The summed E-state index contributed by atoms with van der Waals surface area (Å²) >= 11 is 0. The Hall–Kier alpha value is 0. The summed E-state index contributed by atoms with van der Waals surface area (Å²) in [5, 5.41) is 0. The van der Waals surface area contributed by atoms with Crippen molar-refractivity contribution in [2.45, 2.75) is 79.1 Å². The summed E-state index contributed by atoms with van der Waals surface area (Å²) in [6, 6.07) is 0. The molecule has 0 heteroatoms. The monoisotopic (exact) mass is 250 g/mol. The van der Waals surface area contributed by atoms with Crippen LogP contribution in [0.1, 0.15) is 79.1 Å². The first-order valence-corrected chi connectivity index (χ1v) is 8.65. The van der Waals surface area contributed by atoms with Gasteiger partial charge < -0.3 is 0 Å². The molecule has 0 aliphatic heterocycles. The van der Waals surface area contributed by atoms with E-state index < -0.39 is 0 Å². The van der Waals surface area contributed by atoms with Crippen molar-refractivity contribution in [3.05, 3.63) is 0 Å². The van der Waals surface area contributed by atoms with Crippen LogP contribution in [0.25, 0.3) is 0 Å². The van der Waals surface area contributed by atoms with E-state index in [-0.39, 0.29) is 0 Å². The maximum Gasteiger partial charge on any atom is -0.0327 e. The van der Waals surface area contributed by atoms with Gasteiger partial charge in [0.25, 0.3) is 0 Å².